The van der Waals surface area contributed by atoms with Gasteiger partial charge in [-0.15, -0.1) is 0 Å². The van der Waals surface area contributed by atoms with Crippen molar-refractivity contribution in [1.29, 1.82) is 0 Å². The first kappa shape index (κ1) is 26.8. The highest BCUT2D eigenvalue weighted by Crippen LogP contribution is 2.32. The minimum Gasteiger partial charge on any atom is -0.493 e. The first-order valence-corrected chi connectivity index (χ1v) is 12.9. The molecule has 0 spiro atoms. The van der Waals surface area contributed by atoms with Crippen LogP contribution in [0.25, 0.3) is 0 Å². The van der Waals surface area contributed by atoms with Crippen LogP contribution < -0.4 is 19.1 Å². The van der Waals surface area contributed by atoms with Crippen LogP contribution in [-0.4, -0.2) is 41.6 Å². The van der Waals surface area contributed by atoms with Crippen LogP contribution in [0.15, 0.2) is 47.4 Å². The standard InChI is InChI=1S/C24H33ClN2O5S/c1-5-7-8-18(6-2)16-26-24(28)17-27(20-11-9-19(25)10-12-20)33(29,30)21-13-14-22(31-3)23(15-21)32-4/h9-15,18H,5-8,16-17H2,1-4H3,(H,26,28)/t18-/m0/s1. The van der Waals surface area contributed by atoms with E-state index in [4.69, 9.17) is 21.1 Å². The van der Waals surface area contributed by atoms with E-state index in [0.29, 0.717) is 28.9 Å². The number of carbonyl (C=O) groups excluding carboxylic acids is 1. The maximum Gasteiger partial charge on any atom is 0.264 e. The molecule has 2 rings (SSSR count). The molecule has 0 aliphatic rings. The zero-order valence-corrected chi connectivity index (χ0v) is 21.2. The van der Waals surface area contributed by atoms with Crippen molar-refractivity contribution >= 4 is 33.2 Å². The Morgan fingerprint density at radius 3 is 2.30 bits per heavy atom. The predicted octanol–water partition coefficient (Wildman–Crippen LogP) is 4.89. The summed E-state index contributed by atoms with van der Waals surface area (Å²) in [5.41, 5.74) is 0.336. The molecule has 0 aliphatic heterocycles. The Morgan fingerprint density at radius 1 is 1.06 bits per heavy atom. The summed E-state index contributed by atoms with van der Waals surface area (Å²) in [5, 5.41) is 3.37. The van der Waals surface area contributed by atoms with Crippen LogP contribution in [0.2, 0.25) is 5.02 Å². The number of amides is 1. The Hall–Kier alpha value is -2.45. The summed E-state index contributed by atoms with van der Waals surface area (Å²) in [6, 6.07) is 10.6. The van der Waals surface area contributed by atoms with Crippen LogP contribution in [0.5, 0.6) is 11.5 Å². The van der Waals surface area contributed by atoms with Crippen molar-refractivity contribution in [2.45, 2.75) is 44.4 Å². The van der Waals surface area contributed by atoms with Crippen molar-refractivity contribution in [2.24, 2.45) is 5.92 Å². The zero-order valence-electron chi connectivity index (χ0n) is 19.6. The van der Waals surface area contributed by atoms with E-state index in [1.54, 1.807) is 24.3 Å². The second-order valence-electron chi connectivity index (χ2n) is 7.73. The third-order valence-electron chi connectivity index (χ3n) is 5.48. The highest BCUT2D eigenvalue weighted by Gasteiger charge is 2.28. The minimum absolute atomic E-state index is 0.0164. The Morgan fingerprint density at radius 2 is 1.73 bits per heavy atom. The number of halogens is 1. The number of rotatable bonds is 13. The van der Waals surface area contributed by atoms with E-state index in [1.165, 1.54) is 32.4 Å². The van der Waals surface area contributed by atoms with E-state index in [2.05, 4.69) is 19.2 Å². The molecule has 0 aliphatic carbocycles. The van der Waals surface area contributed by atoms with Gasteiger partial charge in [-0.2, -0.15) is 0 Å². The van der Waals surface area contributed by atoms with Gasteiger partial charge in [-0.25, -0.2) is 8.42 Å². The van der Waals surface area contributed by atoms with Gasteiger partial charge < -0.3 is 14.8 Å². The zero-order chi connectivity index (χ0) is 24.4. The van der Waals surface area contributed by atoms with Crippen molar-refractivity contribution < 1.29 is 22.7 Å². The summed E-state index contributed by atoms with van der Waals surface area (Å²) in [6.45, 7) is 4.38. The lowest BCUT2D eigenvalue weighted by Crippen LogP contribution is -2.42. The lowest BCUT2D eigenvalue weighted by molar-refractivity contribution is -0.119. The van der Waals surface area contributed by atoms with Gasteiger partial charge in [0.2, 0.25) is 5.91 Å². The van der Waals surface area contributed by atoms with Crippen molar-refractivity contribution in [3.05, 3.63) is 47.5 Å². The lowest BCUT2D eigenvalue weighted by Gasteiger charge is -2.25. The number of ether oxygens (including phenoxy) is 2. The second kappa shape index (κ2) is 12.7. The molecule has 1 atom stereocenters. The van der Waals surface area contributed by atoms with Gasteiger partial charge in [-0.1, -0.05) is 44.7 Å². The van der Waals surface area contributed by atoms with E-state index in [9.17, 15) is 13.2 Å². The van der Waals surface area contributed by atoms with E-state index in [-0.39, 0.29) is 23.1 Å². The summed E-state index contributed by atoms with van der Waals surface area (Å²) in [4.78, 5) is 12.8. The number of nitrogens with zero attached hydrogens (tertiary/aromatic N) is 1. The summed E-state index contributed by atoms with van der Waals surface area (Å²) < 4.78 is 38.7. The van der Waals surface area contributed by atoms with Gasteiger partial charge in [-0.3, -0.25) is 9.10 Å². The third kappa shape index (κ3) is 7.27. The first-order valence-electron chi connectivity index (χ1n) is 11.0. The van der Waals surface area contributed by atoms with Crippen LogP contribution in [0.4, 0.5) is 5.69 Å². The second-order valence-corrected chi connectivity index (χ2v) is 10.0. The number of hydrogen-bond acceptors (Lipinski definition) is 5. The monoisotopic (exact) mass is 496 g/mol. The smallest absolute Gasteiger partial charge is 0.264 e. The molecule has 9 heteroatoms. The minimum atomic E-state index is -4.08. The molecule has 1 amide bonds. The Kier molecular flexibility index (Phi) is 10.3. The van der Waals surface area contributed by atoms with Crippen LogP contribution in [0.3, 0.4) is 0 Å². The maximum absolute atomic E-state index is 13.6. The van der Waals surface area contributed by atoms with E-state index in [1.807, 2.05) is 0 Å². The molecule has 0 heterocycles. The normalized spacial score (nSPS) is 12.2. The molecule has 0 radical (unpaired) electrons. The van der Waals surface area contributed by atoms with Crippen LogP contribution in [-0.2, 0) is 14.8 Å². The van der Waals surface area contributed by atoms with Crippen LogP contribution >= 0.6 is 11.6 Å². The fourth-order valence-electron chi connectivity index (χ4n) is 3.41. The number of benzene rings is 2. The molecule has 182 valence electrons. The fraction of sp³-hybridized carbons (Fsp3) is 0.458. The van der Waals surface area contributed by atoms with Gasteiger partial charge >= 0.3 is 0 Å². The van der Waals surface area contributed by atoms with Gasteiger partial charge in [0.25, 0.3) is 10.0 Å². The summed E-state index contributed by atoms with van der Waals surface area (Å²) in [6.07, 6.45) is 4.17. The molecule has 0 bridgehead atoms. The molecular weight excluding hydrogens is 464 g/mol. The highest BCUT2D eigenvalue weighted by molar-refractivity contribution is 7.92. The Labute approximate surface area is 202 Å². The molecule has 0 fully saturated rings. The number of unbranched alkanes of at least 4 members (excludes halogenated alkanes) is 1. The molecule has 2 aromatic carbocycles. The Bertz CT molecular complexity index is 1010. The number of sulfonamides is 1. The van der Waals surface area contributed by atoms with Gasteiger partial charge in [-0.05, 0) is 48.7 Å². The van der Waals surface area contributed by atoms with Crippen molar-refractivity contribution in [2.75, 3.05) is 31.6 Å². The van der Waals surface area contributed by atoms with E-state index < -0.39 is 10.0 Å². The van der Waals surface area contributed by atoms with Gasteiger partial charge in [0, 0.05) is 17.6 Å². The topological polar surface area (TPSA) is 84.9 Å². The number of nitrogens with one attached hydrogen (secondary N) is 1. The molecule has 0 aromatic heterocycles. The van der Waals surface area contributed by atoms with E-state index >= 15 is 0 Å². The lowest BCUT2D eigenvalue weighted by atomic mass is 9.99. The first-order chi connectivity index (χ1) is 15.8. The number of methoxy groups -OCH3 is 2. The highest BCUT2D eigenvalue weighted by atomic mass is 35.5. The average molecular weight is 497 g/mol. The molecule has 7 nitrogen and oxygen atoms in total. The maximum atomic E-state index is 13.6. The number of hydrogen-bond donors (Lipinski definition) is 1. The van der Waals surface area contributed by atoms with Gasteiger partial charge in [0.05, 0.1) is 24.8 Å². The molecule has 2 aromatic rings. The third-order valence-corrected chi connectivity index (χ3v) is 7.50. The fourth-order valence-corrected chi connectivity index (χ4v) is 4.98. The largest absolute Gasteiger partial charge is 0.493 e. The molecule has 1 N–H and O–H groups in total. The summed E-state index contributed by atoms with van der Waals surface area (Å²) in [7, 11) is -1.18. The predicted molar refractivity (Wildman–Crippen MR) is 132 cm³/mol. The quantitative estimate of drug-likeness (QED) is 0.427. The SMILES string of the molecule is CCCC[C@H](CC)CNC(=O)CN(c1ccc(Cl)cc1)S(=O)(=O)c1ccc(OC)c(OC)c1. The summed E-state index contributed by atoms with van der Waals surface area (Å²) in [5.74, 6) is 0.676. The molecule has 0 saturated carbocycles. The average Bonchev–Trinajstić information content (AvgIpc) is 2.82. The Balaban J connectivity index is 2.32. The van der Waals surface area contributed by atoms with Crippen molar-refractivity contribution in [3.8, 4) is 11.5 Å². The molecule has 0 saturated heterocycles. The number of anilines is 1. The van der Waals surface area contributed by atoms with Crippen LogP contribution in [0, 0.1) is 5.92 Å². The molecule has 0 unspecified atom stereocenters. The van der Waals surface area contributed by atoms with E-state index in [0.717, 1.165) is 30.0 Å². The van der Waals surface area contributed by atoms with Gasteiger partial charge in [0.15, 0.2) is 11.5 Å². The van der Waals surface area contributed by atoms with Crippen molar-refractivity contribution in [1.82, 2.24) is 5.32 Å². The molecular formula is C24H33ClN2O5S. The summed E-state index contributed by atoms with van der Waals surface area (Å²) >= 11 is 5.99. The number of carbonyl (C=O) groups is 1. The van der Waals surface area contributed by atoms with Gasteiger partial charge in [0.1, 0.15) is 6.54 Å². The van der Waals surface area contributed by atoms with Crippen molar-refractivity contribution in [3.63, 3.8) is 0 Å². The van der Waals surface area contributed by atoms with Crippen LogP contribution in [0.1, 0.15) is 39.5 Å². The molecule has 33 heavy (non-hydrogen) atoms.